The highest BCUT2D eigenvalue weighted by atomic mass is 35.5. The van der Waals surface area contributed by atoms with Gasteiger partial charge in [-0.25, -0.2) is 13.1 Å². The first-order chi connectivity index (χ1) is 14.4. The molecule has 1 N–H and O–H groups in total. The predicted octanol–water partition coefficient (Wildman–Crippen LogP) is 3.85. The monoisotopic (exact) mass is 450 g/mol. The molecule has 3 rings (SSSR count). The quantitative estimate of drug-likeness (QED) is 0.662. The molecule has 1 unspecified atom stereocenters. The molecule has 0 radical (unpaired) electrons. The van der Waals surface area contributed by atoms with Crippen LogP contribution in [0.1, 0.15) is 42.1 Å². The van der Waals surface area contributed by atoms with Gasteiger partial charge in [0, 0.05) is 31.8 Å². The predicted molar refractivity (Wildman–Crippen MR) is 117 cm³/mol. The molecule has 8 heteroatoms. The number of nitrogens with zero attached hydrogens (tertiary/aromatic N) is 1. The summed E-state index contributed by atoms with van der Waals surface area (Å²) in [5.41, 5.74) is 1.13. The molecule has 0 saturated carbocycles. The van der Waals surface area contributed by atoms with Crippen LogP contribution in [0.25, 0.3) is 0 Å². The average Bonchev–Trinajstić information content (AvgIpc) is 2.77. The number of nitrogens with one attached hydrogen (secondary N) is 1. The van der Waals surface area contributed by atoms with Gasteiger partial charge in [-0.3, -0.25) is 4.79 Å². The van der Waals surface area contributed by atoms with Crippen LogP contribution in [-0.4, -0.2) is 45.0 Å². The molecule has 0 bridgehead atoms. The second kappa shape index (κ2) is 10.4. The minimum atomic E-state index is -3.88. The van der Waals surface area contributed by atoms with Crippen LogP contribution in [0, 0.1) is 0 Å². The van der Waals surface area contributed by atoms with E-state index in [-0.39, 0.29) is 28.5 Å². The Kier molecular flexibility index (Phi) is 7.88. The van der Waals surface area contributed by atoms with Crippen molar-refractivity contribution in [3.05, 3.63) is 64.7 Å². The lowest BCUT2D eigenvalue weighted by molar-refractivity contribution is 0.00210. The lowest BCUT2D eigenvalue weighted by Gasteiger charge is -2.32. The number of benzene rings is 2. The summed E-state index contributed by atoms with van der Waals surface area (Å²) >= 11 is 6.17. The van der Waals surface area contributed by atoms with Crippen molar-refractivity contribution < 1.29 is 17.9 Å². The molecule has 2 aromatic carbocycles. The number of halogens is 1. The van der Waals surface area contributed by atoms with Gasteiger partial charge < -0.3 is 9.64 Å². The van der Waals surface area contributed by atoms with E-state index in [9.17, 15) is 13.2 Å². The summed E-state index contributed by atoms with van der Waals surface area (Å²) in [5.74, 6) is -0.212. The minimum absolute atomic E-state index is 0.0192. The Morgan fingerprint density at radius 1 is 1.23 bits per heavy atom. The van der Waals surface area contributed by atoms with Crippen LogP contribution in [0.5, 0.6) is 0 Å². The van der Waals surface area contributed by atoms with E-state index in [0.717, 1.165) is 24.8 Å². The number of sulfonamides is 1. The molecule has 1 aliphatic rings. The Hall–Kier alpha value is -1.93. The third kappa shape index (κ3) is 5.82. The van der Waals surface area contributed by atoms with Crippen LogP contribution < -0.4 is 4.72 Å². The molecule has 2 aromatic rings. The molecule has 1 aliphatic heterocycles. The summed E-state index contributed by atoms with van der Waals surface area (Å²) < 4.78 is 34.0. The second-order valence-electron chi connectivity index (χ2n) is 7.34. The largest absolute Gasteiger partial charge is 0.376 e. The maximum atomic E-state index is 13.0. The number of hydrogen-bond acceptors (Lipinski definition) is 4. The fraction of sp³-hybridized carbons (Fsp3) is 0.409. The van der Waals surface area contributed by atoms with Crippen molar-refractivity contribution in [1.29, 1.82) is 0 Å². The van der Waals surface area contributed by atoms with E-state index in [2.05, 4.69) is 4.72 Å². The van der Waals surface area contributed by atoms with Gasteiger partial charge in [0.1, 0.15) is 4.90 Å². The van der Waals surface area contributed by atoms with E-state index in [1.54, 1.807) is 11.0 Å². The lowest BCUT2D eigenvalue weighted by Crippen LogP contribution is -2.43. The number of ether oxygens (including phenoxy) is 1. The maximum Gasteiger partial charge on any atom is 0.253 e. The van der Waals surface area contributed by atoms with Gasteiger partial charge in [0.05, 0.1) is 11.1 Å². The maximum absolute atomic E-state index is 13.0. The number of amides is 1. The van der Waals surface area contributed by atoms with Crippen molar-refractivity contribution in [3.63, 3.8) is 0 Å². The van der Waals surface area contributed by atoms with Gasteiger partial charge >= 0.3 is 0 Å². The van der Waals surface area contributed by atoms with Crippen molar-refractivity contribution in [2.24, 2.45) is 0 Å². The molecule has 1 amide bonds. The molecule has 0 aromatic heterocycles. The standard InChI is InChI=1S/C22H27ClN2O4S/c1-2-13-29-19-9-6-12-25(16-19)22(26)18-10-11-20(23)21(14-18)30(27,28)24-15-17-7-4-3-5-8-17/h3-5,7-8,10-11,14,19,24H,2,6,9,12-13,15-16H2,1H3. The van der Waals surface area contributed by atoms with Crippen molar-refractivity contribution in [3.8, 4) is 0 Å². The topological polar surface area (TPSA) is 75.7 Å². The van der Waals surface area contributed by atoms with Gasteiger partial charge in [-0.2, -0.15) is 0 Å². The molecule has 0 spiro atoms. The lowest BCUT2D eigenvalue weighted by atomic mass is 10.1. The molecule has 1 saturated heterocycles. The van der Waals surface area contributed by atoms with Crippen LogP contribution in [-0.2, 0) is 21.3 Å². The summed E-state index contributed by atoms with van der Waals surface area (Å²) in [5, 5.41) is 0.0786. The van der Waals surface area contributed by atoms with Crippen molar-refractivity contribution in [2.75, 3.05) is 19.7 Å². The van der Waals surface area contributed by atoms with Gasteiger partial charge in [-0.1, -0.05) is 48.9 Å². The first kappa shape index (κ1) is 22.7. The normalized spacial score (nSPS) is 17.1. The molecule has 6 nitrogen and oxygen atoms in total. The Balaban J connectivity index is 1.74. The fourth-order valence-electron chi connectivity index (χ4n) is 3.42. The minimum Gasteiger partial charge on any atom is -0.376 e. The van der Waals surface area contributed by atoms with Crippen LogP contribution in [0.15, 0.2) is 53.4 Å². The Morgan fingerprint density at radius 2 is 2.00 bits per heavy atom. The molecule has 1 atom stereocenters. The number of rotatable bonds is 8. The number of likely N-dealkylation sites (tertiary alicyclic amines) is 1. The average molecular weight is 451 g/mol. The number of piperidine rings is 1. The van der Waals surface area contributed by atoms with Gasteiger partial charge in [0.15, 0.2) is 0 Å². The van der Waals surface area contributed by atoms with E-state index in [0.29, 0.717) is 25.3 Å². The van der Waals surface area contributed by atoms with Crippen molar-refractivity contribution >= 4 is 27.5 Å². The highest BCUT2D eigenvalue weighted by Crippen LogP contribution is 2.25. The highest BCUT2D eigenvalue weighted by molar-refractivity contribution is 7.89. The Bertz CT molecular complexity index is 966. The SMILES string of the molecule is CCCOC1CCCN(C(=O)c2ccc(Cl)c(S(=O)(=O)NCc3ccccc3)c2)C1. The van der Waals surface area contributed by atoms with Crippen LogP contribution in [0.3, 0.4) is 0 Å². The van der Waals surface area contributed by atoms with E-state index in [1.165, 1.54) is 12.1 Å². The van der Waals surface area contributed by atoms with Crippen LogP contribution in [0.4, 0.5) is 0 Å². The number of hydrogen-bond donors (Lipinski definition) is 1. The highest BCUT2D eigenvalue weighted by Gasteiger charge is 2.27. The fourth-order valence-corrected chi connectivity index (χ4v) is 4.96. The van der Waals surface area contributed by atoms with E-state index < -0.39 is 10.0 Å². The summed E-state index contributed by atoms with van der Waals surface area (Å²) in [4.78, 5) is 14.6. The zero-order valence-corrected chi connectivity index (χ0v) is 18.6. The first-order valence-electron chi connectivity index (χ1n) is 10.1. The third-order valence-electron chi connectivity index (χ3n) is 5.00. The molecular formula is C22H27ClN2O4S. The van der Waals surface area contributed by atoms with Crippen LogP contribution >= 0.6 is 11.6 Å². The summed E-state index contributed by atoms with van der Waals surface area (Å²) in [6.45, 7) is 3.99. The Morgan fingerprint density at radius 3 is 2.73 bits per heavy atom. The molecular weight excluding hydrogens is 424 g/mol. The molecule has 30 heavy (non-hydrogen) atoms. The van der Waals surface area contributed by atoms with E-state index >= 15 is 0 Å². The molecule has 162 valence electrons. The van der Waals surface area contributed by atoms with E-state index in [1.807, 2.05) is 37.3 Å². The number of carbonyl (C=O) groups is 1. The smallest absolute Gasteiger partial charge is 0.253 e. The molecule has 1 heterocycles. The van der Waals surface area contributed by atoms with Gasteiger partial charge in [0.25, 0.3) is 5.91 Å². The summed E-state index contributed by atoms with van der Waals surface area (Å²) in [6, 6.07) is 13.6. The zero-order valence-electron chi connectivity index (χ0n) is 17.0. The van der Waals surface area contributed by atoms with Gasteiger partial charge in [-0.05, 0) is 43.0 Å². The van der Waals surface area contributed by atoms with Crippen molar-refractivity contribution in [2.45, 2.75) is 43.7 Å². The summed E-state index contributed by atoms with van der Waals surface area (Å²) in [6.07, 6.45) is 2.73. The molecule has 1 fully saturated rings. The summed E-state index contributed by atoms with van der Waals surface area (Å²) in [7, 11) is -3.88. The zero-order chi connectivity index (χ0) is 21.6. The Labute approximate surface area is 183 Å². The van der Waals surface area contributed by atoms with Crippen LogP contribution in [0.2, 0.25) is 5.02 Å². The van der Waals surface area contributed by atoms with Crippen molar-refractivity contribution in [1.82, 2.24) is 9.62 Å². The number of carbonyl (C=O) groups excluding carboxylic acids is 1. The van der Waals surface area contributed by atoms with E-state index in [4.69, 9.17) is 16.3 Å². The first-order valence-corrected chi connectivity index (χ1v) is 12.0. The second-order valence-corrected chi connectivity index (χ2v) is 9.48. The molecule has 0 aliphatic carbocycles. The van der Waals surface area contributed by atoms with Gasteiger partial charge in [0.2, 0.25) is 10.0 Å². The van der Waals surface area contributed by atoms with Gasteiger partial charge in [-0.15, -0.1) is 0 Å². The third-order valence-corrected chi connectivity index (χ3v) is 6.88.